The Labute approximate surface area is 193 Å². The molecule has 2 aromatic rings. The van der Waals surface area contributed by atoms with E-state index in [-0.39, 0.29) is 23.7 Å². The molecule has 0 spiro atoms. The lowest BCUT2D eigenvalue weighted by Gasteiger charge is -2.26. The number of carbonyl (C=O) groups excluding carboxylic acids is 3. The van der Waals surface area contributed by atoms with Crippen LogP contribution in [-0.2, 0) is 14.3 Å². The second-order valence-electron chi connectivity index (χ2n) is 6.54. The van der Waals surface area contributed by atoms with Gasteiger partial charge in [0.05, 0.1) is 0 Å². The lowest BCUT2D eigenvalue weighted by atomic mass is 10.0. The third kappa shape index (κ3) is 7.19. The zero-order valence-corrected chi connectivity index (χ0v) is 19.0. The maximum atomic E-state index is 12.6. The molecule has 2 rings (SSSR count). The molecule has 32 heavy (non-hydrogen) atoms. The van der Waals surface area contributed by atoms with Gasteiger partial charge in [-0.05, 0) is 62.4 Å². The van der Waals surface area contributed by atoms with Crippen LogP contribution in [0.25, 0.3) is 0 Å². The number of halogens is 1. The molecule has 0 bridgehead atoms. The summed E-state index contributed by atoms with van der Waals surface area (Å²) in [6.07, 6.45) is -0.649. The van der Waals surface area contributed by atoms with Crippen LogP contribution in [-0.4, -0.2) is 40.8 Å². The summed E-state index contributed by atoms with van der Waals surface area (Å²) in [6.45, 7) is 3.35. The van der Waals surface area contributed by atoms with Crippen LogP contribution >= 0.6 is 15.9 Å². The fraction of sp³-hybridized carbons (Fsp3) is 0.227. The van der Waals surface area contributed by atoms with Crippen LogP contribution < -0.4 is 10.8 Å². The van der Waals surface area contributed by atoms with Gasteiger partial charge in [-0.2, -0.15) is 0 Å². The number of benzene rings is 2. The summed E-state index contributed by atoms with van der Waals surface area (Å²) in [5, 5.41) is 21.6. The summed E-state index contributed by atoms with van der Waals surface area (Å²) >= 11 is 3.31. The number of hydrogen-bond acceptors (Lipinski definition) is 7. The van der Waals surface area contributed by atoms with E-state index in [4.69, 9.17) is 14.7 Å². The minimum absolute atomic E-state index is 0.109. The van der Waals surface area contributed by atoms with E-state index in [0.717, 1.165) is 6.08 Å². The number of phenolic OH excluding ortho intramolecular Hbond substituents is 1. The minimum Gasteiger partial charge on any atom is -0.508 e. The van der Waals surface area contributed by atoms with E-state index in [9.17, 15) is 19.5 Å². The highest BCUT2D eigenvalue weighted by molar-refractivity contribution is 9.10. The van der Waals surface area contributed by atoms with E-state index in [1.807, 2.05) is 0 Å². The molecular weight excluding hydrogens is 484 g/mol. The van der Waals surface area contributed by atoms with Gasteiger partial charge in [-0.25, -0.2) is 10.3 Å². The molecule has 0 saturated carbocycles. The van der Waals surface area contributed by atoms with Crippen molar-refractivity contribution in [1.29, 1.82) is 0 Å². The lowest BCUT2D eigenvalue weighted by Crippen LogP contribution is -2.28. The quantitative estimate of drug-likeness (QED) is 0.174. The third-order valence-corrected chi connectivity index (χ3v) is 4.77. The Morgan fingerprint density at radius 3 is 2.44 bits per heavy atom. The molecule has 0 fully saturated rings. The molecule has 10 heteroatoms. The molecule has 0 aliphatic heterocycles. The molecule has 0 heterocycles. The topological polar surface area (TPSA) is 134 Å². The minimum atomic E-state index is -1.15. The van der Waals surface area contributed by atoms with Gasteiger partial charge in [0.2, 0.25) is 0 Å². The molecule has 0 unspecified atom stereocenters. The van der Waals surface area contributed by atoms with Gasteiger partial charge in [-0.15, -0.1) is 0 Å². The van der Waals surface area contributed by atoms with E-state index in [2.05, 4.69) is 21.2 Å². The molecule has 170 valence electrons. The first-order valence-corrected chi connectivity index (χ1v) is 10.3. The normalized spacial score (nSPS) is 12.8. The molecule has 0 aromatic heterocycles. The molecule has 2 atom stereocenters. The number of hydroxylamine groups is 1. The van der Waals surface area contributed by atoms with Crippen molar-refractivity contribution < 1.29 is 34.2 Å². The predicted molar refractivity (Wildman–Crippen MR) is 120 cm³/mol. The number of ketones is 1. The van der Waals surface area contributed by atoms with Crippen molar-refractivity contribution in [1.82, 2.24) is 5.48 Å². The second-order valence-corrected chi connectivity index (χ2v) is 7.46. The average Bonchev–Trinajstić information content (AvgIpc) is 2.77. The summed E-state index contributed by atoms with van der Waals surface area (Å²) in [7, 11) is 0. The van der Waals surface area contributed by atoms with Crippen molar-refractivity contribution in [2.45, 2.75) is 26.1 Å². The van der Waals surface area contributed by atoms with Gasteiger partial charge < -0.3 is 14.6 Å². The Balaban J connectivity index is 2.33. The van der Waals surface area contributed by atoms with E-state index in [0.29, 0.717) is 15.7 Å². The van der Waals surface area contributed by atoms with Gasteiger partial charge in [-0.3, -0.25) is 20.1 Å². The largest absolute Gasteiger partial charge is 0.508 e. The Hall–Kier alpha value is -3.21. The summed E-state index contributed by atoms with van der Waals surface area (Å²) in [4.78, 5) is 35.5. The van der Waals surface area contributed by atoms with Crippen molar-refractivity contribution in [3.63, 3.8) is 0 Å². The number of amides is 2. The zero-order chi connectivity index (χ0) is 23.7. The van der Waals surface area contributed by atoms with Crippen LogP contribution in [0.1, 0.15) is 35.9 Å². The molecule has 2 aromatic carbocycles. The summed E-state index contributed by atoms with van der Waals surface area (Å²) in [5.41, 5.74) is 2.58. The fourth-order valence-corrected chi connectivity index (χ4v) is 3.15. The SMILES string of the molecule is CCO[C@H](/C=C/C(=O)NO)[C@H](OC(=O)Nc1ccc(C(C)=O)cc1)c1cc(Br)ccc1O. The van der Waals surface area contributed by atoms with E-state index in [1.54, 1.807) is 43.3 Å². The maximum absolute atomic E-state index is 12.6. The van der Waals surface area contributed by atoms with Gasteiger partial charge in [0.25, 0.3) is 5.91 Å². The van der Waals surface area contributed by atoms with Crippen molar-refractivity contribution >= 4 is 39.4 Å². The van der Waals surface area contributed by atoms with Crippen LogP contribution in [0.3, 0.4) is 0 Å². The highest BCUT2D eigenvalue weighted by Crippen LogP contribution is 2.34. The number of Topliss-reactive ketones (excluding diaryl/α,β-unsaturated/α-hetero) is 1. The van der Waals surface area contributed by atoms with Crippen LogP contribution in [0.15, 0.2) is 59.1 Å². The molecule has 0 radical (unpaired) electrons. The number of ether oxygens (including phenoxy) is 2. The van der Waals surface area contributed by atoms with E-state index in [1.165, 1.54) is 24.5 Å². The number of rotatable bonds is 9. The number of anilines is 1. The number of hydrogen-bond donors (Lipinski definition) is 4. The number of aromatic hydroxyl groups is 1. The average molecular weight is 507 g/mol. The van der Waals surface area contributed by atoms with Crippen molar-refractivity contribution in [3.05, 3.63) is 70.2 Å². The molecule has 0 saturated heterocycles. The molecule has 2 amide bonds. The van der Waals surface area contributed by atoms with Crippen molar-refractivity contribution in [3.8, 4) is 5.75 Å². The zero-order valence-electron chi connectivity index (χ0n) is 17.4. The van der Waals surface area contributed by atoms with Crippen molar-refractivity contribution in [2.24, 2.45) is 0 Å². The van der Waals surface area contributed by atoms with Crippen LogP contribution in [0.5, 0.6) is 5.75 Å². The summed E-state index contributed by atoms with van der Waals surface area (Å²) in [6, 6.07) is 10.8. The van der Waals surface area contributed by atoms with Gasteiger partial charge in [0.1, 0.15) is 11.9 Å². The van der Waals surface area contributed by atoms with E-state index < -0.39 is 24.2 Å². The standard InChI is InChI=1S/C22H23BrN2O7/c1-3-31-19(10-11-20(28)25-30)21(17-12-15(23)6-9-18(17)27)32-22(29)24-16-7-4-14(5-8-16)13(2)26/h4-12,19,21,27,30H,3H2,1-2H3,(H,24,29)(H,25,28)/b11-10+/t19-,21-/m1/s1. The fourth-order valence-electron chi connectivity index (χ4n) is 2.77. The Morgan fingerprint density at radius 2 is 1.84 bits per heavy atom. The first kappa shape index (κ1) is 25.1. The van der Waals surface area contributed by atoms with Gasteiger partial charge >= 0.3 is 6.09 Å². The second kappa shape index (κ2) is 12.0. The Kier molecular flexibility index (Phi) is 9.39. The lowest BCUT2D eigenvalue weighted by molar-refractivity contribution is -0.124. The van der Waals surface area contributed by atoms with Crippen LogP contribution in [0.4, 0.5) is 10.5 Å². The summed E-state index contributed by atoms with van der Waals surface area (Å²) < 4.78 is 11.8. The highest BCUT2D eigenvalue weighted by atomic mass is 79.9. The van der Waals surface area contributed by atoms with Crippen LogP contribution in [0.2, 0.25) is 0 Å². The maximum Gasteiger partial charge on any atom is 0.412 e. The molecular formula is C22H23BrN2O7. The predicted octanol–water partition coefficient (Wildman–Crippen LogP) is 4.11. The van der Waals surface area contributed by atoms with Gasteiger partial charge in [-0.1, -0.05) is 15.9 Å². The third-order valence-electron chi connectivity index (χ3n) is 4.27. The molecule has 0 aliphatic rings. The van der Waals surface area contributed by atoms with Gasteiger partial charge in [0.15, 0.2) is 11.9 Å². The Bertz CT molecular complexity index is 992. The van der Waals surface area contributed by atoms with Gasteiger partial charge in [0, 0.05) is 34.0 Å². The van der Waals surface area contributed by atoms with Crippen LogP contribution in [0, 0.1) is 0 Å². The smallest absolute Gasteiger partial charge is 0.412 e. The Morgan fingerprint density at radius 1 is 1.16 bits per heavy atom. The number of nitrogens with one attached hydrogen (secondary N) is 2. The van der Waals surface area contributed by atoms with E-state index >= 15 is 0 Å². The molecule has 4 N–H and O–H groups in total. The number of phenols is 1. The summed E-state index contributed by atoms with van der Waals surface area (Å²) in [5.74, 6) is -1.06. The first-order valence-electron chi connectivity index (χ1n) is 9.56. The first-order chi connectivity index (χ1) is 15.2. The highest BCUT2D eigenvalue weighted by Gasteiger charge is 2.29. The molecule has 9 nitrogen and oxygen atoms in total. The van der Waals surface area contributed by atoms with Crippen molar-refractivity contribution in [2.75, 3.05) is 11.9 Å². The monoisotopic (exact) mass is 506 g/mol. The molecule has 0 aliphatic carbocycles. The number of carbonyl (C=O) groups is 3.